The van der Waals surface area contributed by atoms with Crippen molar-refractivity contribution in [3.63, 3.8) is 0 Å². The average Bonchev–Trinajstić information content (AvgIpc) is 3.28. The standard InChI is InChI=1S/C27H34ClN3O3/c1-22-5-10-25(28)26(19-22)34-21-27(32)11-2-14-30(17-12-27)20-23-6-8-24(9-7-23)33-18-4-16-31-15-3-13-29-31/h3,5-10,13,15,19,32H,2,4,11-12,14,16-18,20-21H2,1H3. The van der Waals surface area contributed by atoms with Crippen LogP contribution in [0, 0.1) is 6.92 Å². The molecule has 0 radical (unpaired) electrons. The normalized spacial score (nSPS) is 19.0. The third kappa shape index (κ3) is 7.23. The number of aliphatic hydroxyl groups is 1. The zero-order valence-electron chi connectivity index (χ0n) is 19.8. The largest absolute Gasteiger partial charge is 0.494 e. The summed E-state index contributed by atoms with van der Waals surface area (Å²) in [7, 11) is 0. The SMILES string of the molecule is Cc1ccc(Cl)c(OCC2(O)CCCN(Cc3ccc(OCCCn4cccn4)cc3)CC2)c1. The van der Waals surface area contributed by atoms with Crippen LogP contribution >= 0.6 is 11.6 Å². The molecule has 4 rings (SSSR count). The predicted octanol–water partition coefficient (Wildman–Crippen LogP) is 5.11. The molecule has 2 aromatic carbocycles. The third-order valence-corrected chi connectivity index (χ3v) is 6.59. The first-order valence-corrected chi connectivity index (χ1v) is 12.4. The maximum absolute atomic E-state index is 11.1. The van der Waals surface area contributed by atoms with Crippen molar-refractivity contribution in [3.8, 4) is 11.5 Å². The predicted molar refractivity (Wildman–Crippen MR) is 135 cm³/mol. The fourth-order valence-corrected chi connectivity index (χ4v) is 4.44. The van der Waals surface area contributed by atoms with Gasteiger partial charge in [-0.25, -0.2) is 0 Å². The number of rotatable bonds is 10. The number of hydrogen-bond acceptors (Lipinski definition) is 5. The van der Waals surface area contributed by atoms with Gasteiger partial charge in [0.1, 0.15) is 18.1 Å². The molecule has 1 aliphatic rings. The Kier molecular flexibility index (Phi) is 8.48. The van der Waals surface area contributed by atoms with Crippen molar-refractivity contribution in [3.05, 3.63) is 77.1 Å². The van der Waals surface area contributed by atoms with Gasteiger partial charge in [0.25, 0.3) is 0 Å². The van der Waals surface area contributed by atoms with Crippen LogP contribution in [0.25, 0.3) is 0 Å². The Bertz CT molecular complexity index is 1030. The molecule has 0 bridgehead atoms. The van der Waals surface area contributed by atoms with Crippen molar-refractivity contribution in [2.45, 2.75) is 51.3 Å². The Hall–Kier alpha value is -2.54. The number of nitrogens with zero attached hydrogens (tertiary/aromatic N) is 3. The summed E-state index contributed by atoms with van der Waals surface area (Å²) < 4.78 is 13.7. The topological polar surface area (TPSA) is 59.8 Å². The van der Waals surface area contributed by atoms with Crippen LogP contribution in [0.2, 0.25) is 5.02 Å². The van der Waals surface area contributed by atoms with Gasteiger partial charge < -0.3 is 14.6 Å². The Morgan fingerprint density at radius 2 is 1.94 bits per heavy atom. The lowest BCUT2D eigenvalue weighted by Gasteiger charge is -2.27. The molecule has 34 heavy (non-hydrogen) atoms. The second kappa shape index (κ2) is 11.7. The summed E-state index contributed by atoms with van der Waals surface area (Å²) in [6.45, 7) is 6.43. The number of hydrogen-bond donors (Lipinski definition) is 1. The van der Waals surface area contributed by atoms with Crippen molar-refractivity contribution in [1.29, 1.82) is 0 Å². The molecule has 1 aromatic heterocycles. The van der Waals surface area contributed by atoms with Gasteiger partial charge in [0, 0.05) is 38.4 Å². The second-order valence-electron chi connectivity index (χ2n) is 9.19. The van der Waals surface area contributed by atoms with Crippen molar-refractivity contribution < 1.29 is 14.6 Å². The molecule has 0 saturated carbocycles. The van der Waals surface area contributed by atoms with E-state index < -0.39 is 5.60 Å². The van der Waals surface area contributed by atoms with Gasteiger partial charge in [0.05, 0.1) is 17.2 Å². The number of aromatic nitrogens is 2. The maximum atomic E-state index is 11.1. The summed E-state index contributed by atoms with van der Waals surface area (Å²) in [5, 5.41) is 15.9. The molecule has 3 aromatic rings. The van der Waals surface area contributed by atoms with Crippen molar-refractivity contribution >= 4 is 11.6 Å². The quantitative estimate of drug-likeness (QED) is 0.406. The monoisotopic (exact) mass is 483 g/mol. The number of benzene rings is 2. The minimum atomic E-state index is -0.838. The molecule has 2 heterocycles. The first-order chi connectivity index (χ1) is 16.5. The summed E-state index contributed by atoms with van der Waals surface area (Å²) >= 11 is 6.25. The summed E-state index contributed by atoms with van der Waals surface area (Å²) in [5.74, 6) is 1.53. The Labute approximate surface area is 207 Å². The number of ether oxygens (including phenoxy) is 2. The van der Waals surface area contributed by atoms with E-state index in [9.17, 15) is 5.11 Å². The van der Waals surface area contributed by atoms with Crippen LogP contribution in [0.3, 0.4) is 0 Å². The van der Waals surface area contributed by atoms with Gasteiger partial charge in [-0.05, 0) is 74.2 Å². The number of halogens is 1. The fourth-order valence-electron chi connectivity index (χ4n) is 4.27. The van der Waals surface area contributed by atoms with Crippen LogP contribution in [0.5, 0.6) is 11.5 Å². The molecule has 7 heteroatoms. The van der Waals surface area contributed by atoms with Gasteiger partial charge in [-0.1, -0.05) is 29.8 Å². The van der Waals surface area contributed by atoms with E-state index in [1.54, 1.807) is 6.20 Å². The van der Waals surface area contributed by atoms with Crippen LogP contribution in [-0.4, -0.2) is 51.7 Å². The molecule has 1 fully saturated rings. The van der Waals surface area contributed by atoms with Gasteiger partial charge >= 0.3 is 0 Å². The van der Waals surface area contributed by atoms with Crippen LogP contribution in [-0.2, 0) is 13.1 Å². The van der Waals surface area contributed by atoms with E-state index in [0.29, 0.717) is 23.8 Å². The van der Waals surface area contributed by atoms with Gasteiger partial charge in [-0.3, -0.25) is 9.58 Å². The Morgan fingerprint density at radius 3 is 2.74 bits per heavy atom. The maximum Gasteiger partial charge on any atom is 0.138 e. The van der Waals surface area contributed by atoms with Gasteiger partial charge in [-0.2, -0.15) is 5.10 Å². The highest BCUT2D eigenvalue weighted by atomic mass is 35.5. The lowest BCUT2D eigenvalue weighted by Crippen LogP contribution is -2.37. The molecule has 182 valence electrons. The Morgan fingerprint density at radius 1 is 1.09 bits per heavy atom. The van der Waals surface area contributed by atoms with Crippen molar-refractivity contribution in [2.75, 3.05) is 26.3 Å². The zero-order chi connectivity index (χ0) is 23.8. The fraction of sp³-hybridized carbons (Fsp3) is 0.444. The van der Waals surface area contributed by atoms with Gasteiger partial charge in [-0.15, -0.1) is 0 Å². The van der Waals surface area contributed by atoms with Crippen LogP contribution < -0.4 is 9.47 Å². The Balaban J connectivity index is 1.21. The zero-order valence-corrected chi connectivity index (χ0v) is 20.6. The van der Waals surface area contributed by atoms with E-state index >= 15 is 0 Å². The van der Waals surface area contributed by atoms with Gasteiger partial charge in [0.15, 0.2) is 0 Å². The molecule has 6 nitrogen and oxygen atoms in total. The third-order valence-electron chi connectivity index (χ3n) is 6.28. The summed E-state index contributed by atoms with van der Waals surface area (Å²) in [6, 6.07) is 16.0. The number of likely N-dealkylation sites (tertiary alicyclic amines) is 1. The summed E-state index contributed by atoms with van der Waals surface area (Å²) in [4.78, 5) is 2.40. The van der Waals surface area contributed by atoms with Crippen LogP contribution in [0.1, 0.15) is 36.8 Å². The van der Waals surface area contributed by atoms with Crippen molar-refractivity contribution in [1.82, 2.24) is 14.7 Å². The minimum Gasteiger partial charge on any atom is -0.494 e. The first-order valence-electron chi connectivity index (χ1n) is 12.0. The van der Waals surface area contributed by atoms with Crippen LogP contribution in [0.15, 0.2) is 60.9 Å². The summed E-state index contributed by atoms with van der Waals surface area (Å²) in [5.41, 5.74) is 1.50. The first kappa shape index (κ1) is 24.6. The van der Waals surface area contributed by atoms with E-state index in [4.69, 9.17) is 21.1 Å². The molecule has 0 aliphatic carbocycles. The highest BCUT2D eigenvalue weighted by Gasteiger charge is 2.31. The molecular weight excluding hydrogens is 450 g/mol. The van der Waals surface area contributed by atoms with E-state index in [1.807, 2.05) is 54.2 Å². The highest BCUT2D eigenvalue weighted by molar-refractivity contribution is 6.32. The lowest BCUT2D eigenvalue weighted by atomic mass is 9.96. The van der Waals surface area contributed by atoms with Crippen LogP contribution in [0.4, 0.5) is 0 Å². The van der Waals surface area contributed by atoms with E-state index in [0.717, 1.165) is 56.8 Å². The molecule has 1 atom stereocenters. The average molecular weight is 484 g/mol. The highest BCUT2D eigenvalue weighted by Crippen LogP contribution is 2.29. The van der Waals surface area contributed by atoms with E-state index in [2.05, 4.69) is 22.1 Å². The van der Waals surface area contributed by atoms with Gasteiger partial charge in [0.2, 0.25) is 0 Å². The van der Waals surface area contributed by atoms with E-state index in [-0.39, 0.29) is 6.61 Å². The lowest BCUT2D eigenvalue weighted by molar-refractivity contribution is -0.0168. The molecule has 1 N–H and O–H groups in total. The molecule has 1 aliphatic heterocycles. The second-order valence-corrected chi connectivity index (χ2v) is 9.60. The van der Waals surface area contributed by atoms with E-state index in [1.165, 1.54) is 5.56 Å². The molecule has 1 unspecified atom stereocenters. The minimum absolute atomic E-state index is 0.260. The molecule has 0 amide bonds. The molecular formula is C27H34ClN3O3. The summed E-state index contributed by atoms with van der Waals surface area (Å²) in [6.07, 6.45) is 7.00. The number of aryl methyl sites for hydroxylation is 2. The molecule has 0 spiro atoms. The smallest absolute Gasteiger partial charge is 0.138 e. The van der Waals surface area contributed by atoms with Crippen molar-refractivity contribution in [2.24, 2.45) is 0 Å². The molecule has 1 saturated heterocycles.